The lowest BCUT2D eigenvalue weighted by Crippen LogP contribution is -2.45. The molecule has 1 aliphatic rings. The summed E-state index contributed by atoms with van der Waals surface area (Å²) in [5.41, 5.74) is 0.252. The molecule has 0 radical (unpaired) electrons. The standard InChI is InChI=1S/C14H18ClFN2O2/c1-20-9-14(4-5-17-8-14)13(19)18-7-10-2-3-12(16)11(15)6-10/h2-3,6,17H,4-5,7-9H2,1H3,(H,18,19). The molecule has 0 bridgehead atoms. The van der Waals surface area contributed by atoms with Crippen molar-refractivity contribution in [3.63, 3.8) is 0 Å². The number of nitrogens with one attached hydrogen (secondary N) is 2. The largest absolute Gasteiger partial charge is 0.384 e. The van der Waals surface area contributed by atoms with Crippen molar-refractivity contribution in [2.75, 3.05) is 26.8 Å². The lowest BCUT2D eigenvalue weighted by Gasteiger charge is -2.26. The predicted octanol–water partition coefficient (Wildman–Crippen LogP) is 1.72. The van der Waals surface area contributed by atoms with Gasteiger partial charge in [0, 0.05) is 20.2 Å². The van der Waals surface area contributed by atoms with Gasteiger partial charge in [0.2, 0.25) is 5.91 Å². The lowest BCUT2D eigenvalue weighted by molar-refractivity contribution is -0.133. The third kappa shape index (κ3) is 3.29. The highest BCUT2D eigenvalue weighted by molar-refractivity contribution is 6.30. The van der Waals surface area contributed by atoms with Crippen LogP contribution >= 0.6 is 11.6 Å². The molecule has 1 aromatic rings. The first-order chi connectivity index (χ1) is 9.57. The molecule has 1 unspecified atom stereocenters. The third-order valence-electron chi connectivity index (χ3n) is 3.58. The Labute approximate surface area is 122 Å². The van der Waals surface area contributed by atoms with E-state index in [1.54, 1.807) is 13.2 Å². The molecule has 0 saturated carbocycles. The first kappa shape index (κ1) is 15.2. The van der Waals surface area contributed by atoms with Gasteiger partial charge in [-0.2, -0.15) is 0 Å². The van der Waals surface area contributed by atoms with Gasteiger partial charge in [-0.3, -0.25) is 4.79 Å². The number of ether oxygens (including phenoxy) is 1. The molecule has 4 nitrogen and oxygen atoms in total. The number of amides is 1. The summed E-state index contributed by atoms with van der Waals surface area (Å²) in [4.78, 5) is 12.3. The van der Waals surface area contributed by atoms with Crippen LogP contribution in [0.1, 0.15) is 12.0 Å². The normalized spacial score (nSPS) is 21.9. The summed E-state index contributed by atoms with van der Waals surface area (Å²) in [6.07, 6.45) is 0.747. The molecule has 1 heterocycles. The number of carbonyl (C=O) groups excluding carboxylic acids is 1. The molecule has 2 rings (SSSR count). The second kappa shape index (κ2) is 6.52. The Hall–Kier alpha value is -1.17. The van der Waals surface area contributed by atoms with Gasteiger partial charge in [-0.25, -0.2) is 4.39 Å². The van der Waals surface area contributed by atoms with E-state index in [-0.39, 0.29) is 10.9 Å². The van der Waals surface area contributed by atoms with Crippen LogP contribution in [0.15, 0.2) is 18.2 Å². The quantitative estimate of drug-likeness (QED) is 0.870. The zero-order valence-corrected chi connectivity index (χ0v) is 12.1. The van der Waals surface area contributed by atoms with Crippen molar-refractivity contribution in [2.24, 2.45) is 5.41 Å². The highest BCUT2D eigenvalue weighted by atomic mass is 35.5. The van der Waals surface area contributed by atoms with E-state index in [1.807, 2.05) is 0 Å². The van der Waals surface area contributed by atoms with E-state index in [0.717, 1.165) is 18.5 Å². The molecular formula is C14H18ClFN2O2. The maximum Gasteiger partial charge on any atom is 0.230 e. The topological polar surface area (TPSA) is 50.4 Å². The van der Waals surface area contributed by atoms with Gasteiger partial charge in [-0.05, 0) is 30.7 Å². The molecule has 2 N–H and O–H groups in total. The Balaban J connectivity index is 1.98. The number of halogens is 2. The summed E-state index contributed by atoms with van der Waals surface area (Å²) in [5, 5.41) is 6.12. The van der Waals surface area contributed by atoms with Crippen LogP contribution in [0.4, 0.5) is 4.39 Å². The molecule has 110 valence electrons. The lowest BCUT2D eigenvalue weighted by atomic mass is 9.87. The fourth-order valence-electron chi connectivity index (χ4n) is 2.42. The fraction of sp³-hybridized carbons (Fsp3) is 0.500. The smallest absolute Gasteiger partial charge is 0.230 e. The fourth-order valence-corrected chi connectivity index (χ4v) is 2.63. The maximum atomic E-state index is 13.1. The van der Waals surface area contributed by atoms with Crippen molar-refractivity contribution in [2.45, 2.75) is 13.0 Å². The van der Waals surface area contributed by atoms with Gasteiger partial charge in [0.15, 0.2) is 0 Å². The third-order valence-corrected chi connectivity index (χ3v) is 3.87. The van der Waals surface area contributed by atoms with E-state index in [1.165, 1.54) is 12.1 Å². The second-order valence-corrected chi connectivity index (χ2v) is 5.48. The van der Waals surface area contributed by atoms with Gasteiger partial charge in [0.1, 0.15) is 5.82 Å². The van der Waals surface area contributed by atoms with Crippen molar-refractivity contribution in [3.8, 4) is 0 Å². The monoisotopic (exact) mass is 300 g/mol. The molecule has 6 heteroatoms. The van der Waals surface area contributed by atoms with Crippen molar-refractivity contribution in [1.82, 2.24) is 10.6 Å². The number of methoxy groups -OCH3 is 1. The summed E-state index contributed by atoms with van der Waals surface area (Å²) in [6.45, 7) is 2.12. The Morgan fingerprint density at radius 3 is 3.00 bits per heavy atom. The van der Waals surface area contributed by atoms with Crippen LogP contribution in [0.3, 0.4) is 0 Å². The Morgan fingerprint density at radius 2 is 2.40 bits per heavy atom. The molecule has 1 amide bonds. The summed E-state index contributed by atoms with van der Waals surface area (Å²) in [5.74, 6) is -0.512. The van der Waals surface area contributed by atoms with Gasteiger partial charge < -0.3 is 15.4 Å². The summed E-state index contributed by atoms with van der Waals surface area (Å²) >= 11 is 5.72. The van der Waals surface area contributed by atoms with E-state index in [4.69, 9.17) is 16.3 Å². The molecule has 1 aromatic carbocycles. The van der Waals surface area contributed by atoms with Crippen LogP contribution in [-0.4, -0.2) is 32.7 Å². The molecule has 20 heavy (non-hydrogen) atoms. The molecule has 1 fully saturated rings. The van der Waals surface area contributed by atoms with Gasteiger partial charge in [0.05, 0.1) is 17.0 Å². The molecular weight excluding hydrogens is 283 g/mol. The van der Waals surface area contributed by atoms with Crippen molar-refractivity contribution >= 4 is 17.5 Å². The van der Waals surface area contributed by atoms with Crippen molar-refractivity contribution < 1.29 is 13.9 Å². The average molecular weight is 301 g/mol. The number of hydrogen-bond acceptors (Lipinski definition) is 3. The van der Waals surface area contributed by atoms with E-state index in [0.29, 0.717) is 19.7 Å². The highest BCUT2D eigenvalue weighted by Gasteiger charge is 2.41. The minimum absolute atomic E-state index is 0.0511. The van der Waals surface area contributed by atoms with Gasteiger partial charge >= 0.3 is 0 Å². The van der Waals surface area contributed by atoms with E-state index >= 15 is 0 Å². The van der Waals surface area contributed by atoms with Crippen LogP contribution in [0, 0.1) is 11.2 Å². The molecule has 0 aromatic heterocycles. The minimum Gasteiger partial charge on any atom is -0.384 e. The van der Waals surface area contributed by atoms with Crippen molar-refractivity contribution in [1.29, 1.82) is 0 Å². The predicted molar refractivity (Wildman–Crippen MR) is 75.1 cm³/mol. The SMILES string of the molecule is COCC1(C(=O)NCc2ccc(F)c(Cl)c2)CCNC1. The molecule has 0 aliphatic carbocycles. The Bertz CT molecular complexity index is 490. The van der Waals surface area contributed by atoms with Gasteiger partial charge in [-0.1, -0.05) is 17.7 Å². The Morgan fingerprint density at radius 1 is 1.60 bits per heavy atom. The zero-order valence-electron chi connectivity index (χ0n) is 11.3. The van der Waals surface area contributed by atoms with Gasteiger partial charge in [-0.15, -0.1) is 0 Å². The van der Waals surface area contributed by atoms with E-state index in [9.17, 15) is 9.18 Å². The van der Waals surface area contributed by atoms with Crippen LogP contribution in [-0.2, 0) is 16.1 Å². The molecule has 0 spiro atoms. The van der Waals surface area contributed by atoms with Gasteiger partial charge in [0.25, 0.3) is 0 Å². The molecule has 1 atom stereocenters. The van der Waals surface area contributed by atoms with E-state index < -0.39 is 11.2 Å². The minimum atomic E-state index is -0.515. The maximum absolute atomic E-state index is 13.1. The number of benzene rings is 1. The summed E-state index contributed by atoms with van der Waals surface area (Å²) < 4.78 is 18.2. The second-order valence-electron chi connectivity index (χ2n) is 5.07. The van der Waals surface area contributed by atoms with Crippen LogP contribution < -0.4 is 10.6 Å². The average Bonchev–Trinajstić information content (AvgIpc) is 2.90. The van der Waals surface area contributed by atoms with Crippen molar-refractivity contribution in [3.05, 3.63) is 34.6 Å². The van der Waals surface area contributed by atoms with Crippen LogP contribution in [0.2, 0.25) is 5.02 Å². The first-order valence-corrected chi connectivity index (χ1v) is 6.87. The van der Waals surface area contributed by atoms with Crippen LogP contribution in [0.25, 0.3) is 0 Å². The number of hydrogen-bond donors (Lipinski definition) is 2. The number of carbonyl (C=O) groups is 1. The molecule has 1 saturated heterocycles. The highest BCUT2D eigenvalue weighted by Crippen LogP contribution is 2.26. The zero-order chi connectivity index (χ0) is 14.6. The first-order valence-electron chi connectivity index (χ1n) is 6.49. The number of rotatable bonds is 5. The Kier molecular flexibility index (Phi) is 4.96. The molecule has 1 aliphatic heterocycles. The van der Waals surface area contributed by atoms with Crippen LogP contribution in [0.5, 0.6) is 0 Å². The summed E-state index contributed by atoms with van der Waals surface area (Å²) in [7, 11) is 1.59. The summed E-state index contributed by atoms with van der Waals surface area (Å²) in [6, 6.07) is 4.43. The van der Waals surface area contributed by atoms with E-state index in [2.05, 4.69) is 10.6 Å².